The van der Waals surface area contributed by atoms with E-state index in [1.54, 1.807) is 18.9 Å². The summed E-state index contributed by atoms with van der Waals surface area (Å²) in [7, 11) is 5.10. The van der Waals surface area contributed by atoms with E-state index in [9.17, 15) is 0 Å². The lowest BCUT2D eigenvalue weighted by molar-refractivity contribution is 0.404. The largest absolute Gasteiger partial charge is 0.497 e. The van der Waals surface area contributed by atoms with Gasteiger partial charge < -0.3 is 15.2 Å². The van der Waals surface area contributed by atoms with Gasteiger partial charge in [-0.1, -0.05) is 0 Å². The van der Waals surface area contributed by atoms with E-state index in [1.165, 1.54) is 0 Å². The average molecular weight is 262 g/mol. The van der Waals surface area contributed by atoms with Gasteiger partial charge in [-0.15, -0.1) is 0 Å². The van der Waals surface area contributed by atoms with Gasteiger partial charge in [0.25, 0.3) is 0 Å². The molecule has 0 unspecified atom stereocenters. The summed E-state index contributed by atoms with van der Waals surface area (Å²) in [6.07, 6.45) is 0.690. The smallest absolute Gasteiger partial charge is 0.185 e. The Morgan fingerprint density at radius 3 is 2.68 bits per heavy atom. The van der Waals surface area contributed by atoms with E-state index in [2.05, 4.69) is 10.1 Å². The fourth-order valence-corrected chi connectivity index (χ4v) is 1.87. The predicted molar refractivity (Wildman–Crippen MR) is 72.3 cm³/mol. The summed E-state index contributed by atoms with van der Waals surface area (Å²) in [6.45, 7) is 0.543. The number of methoxy groups -OCH3 is 2. The van der Waals surface area contributed by atoms with Crippen molar-refractivity contribution in [1.82, 2.24) is 14.8 Å². The summed E-state index contributed by atoms with van der Waals surface area (Å²) in [5.74, 6) is 2.92. The highest BCUT2D eigenvalue weighted by Crippen LogP contribution is 2.31. The minimum absolute atomic E-state index is 0.543. The van der Waals surface area contributed by atoms with Crippen molar-refractivity contribution in [1.29, 1.82) is 0 Å². The van der Waals surface area contributed by atoms with Crippen LogP contribution < -0.4 is 15.2 Å². The van der Waals surface area contributed by atoms with Crippen LogP contribution in [0.1, 0.15) is 5.82 Å². The first-order valence-electron chi connectivity index (χ1n) is 6.02. The van der Waals surface area contributed by atoms with Crippen LogP contribution in [0.25, 0.3) is 11.4 Å². The second-order valence-corrected chi connectivity index (χ2v) is 4.08. The zero-order valence-electron chi connectivity index (χ0n) is 11.4. The maximum atomic E-state index is 5.55. The fourth-order valence-electron chi connectivity index (χ4n) is 1.87. The van der Waals surface area contributed by atoms with E-state index in [0.717, 1.165) is 17.1 Å². The van der Waals surface area contributed by atoms with Gasteiger partial charge in [0.2, 0.25) is 0 Å². The molecule has 0 aliphatic carbocycles. The molecule has 2 aromatic rings. The van der Waals surface area contributed by atoms with Gasteiger partial charge in [0, 0.05) is 13.5 Å². The molecule has 0 bridgehead atoms. The van der Waals surface area contributed by atoms with Gasteiger partial charge in [0.05, 0.1) is 19.8 Å². The van der Waals surface area contributed by atoms with Crippen molar-refractivity contribution in [3.8, 4) is 22.9 Å². The molecular weight excluding hydrogens is 244 g/mol. The Kier molecular flexibility index (Phi) is 4.01. The number of nitrogens with zero attached hydrogens (tertiary/aromatic N) is 3. The van der Waals surface area contributed by atoms with Crippen LogP contribution >= 0.6 is 0 Å². The second-order valence-electron chi connectivity index (χ2n) is 4.08. The Morgan fingerprint density at radius 2 is 2.05 bits per heavy atom. The summed E-state index contributed by atoms with van der Waals surface area (Å²) >= 11 is 0. The Bertz CT molecular complexity index is 566. The van der Waals surface area contributed by atoms with Crippen molar-refractivity contribution >= 4 is 0 Å². The number of ether oxygens (including phenoxy) is 2. The minimum atomic E-state index is 0.543. The van der Waals surface area contributed by atoms with Crippen LogP contribution in [0.15, 0.2) is 18.2 Å². The van der Waals surface area contributed by atoms with Gasteiger partial charge in [-0.2, -0.15) is 5.10 Å². The maximum Gasteiger partial charge on any atom is 0.185 e. The molecule has 0 saturated carbocycles. The first-order valence-corrected chi connectivity index (χ1v) is 6.02. The molecule has 2 rings (SSSR count). The maximum absolute atomic E-state index is 5.55. The number of aryl methyl sites for hydroxylation is 1. The Hall–Kier alpha value is -2.08. The summed E-state index contributed by atoms with van der Waals surface area (Å²) in [4.78, 5) is 4.49. The van der Waals surface area contributed by atoms with Crippen LogP contribution in [-0.2, 0) is 13.5 Å². The second kappa shape index (κ2) is 5.71. The van der Waals surface area contributed by atoms with E-state index in [0.29, 0.717) is 24.5 Å². The van der Waals surface area contributed by atoms with Crippen molar-refractivity contribution in [2.24, 2.45) is 12.8 Å². The van der Waals surface area contributed by atoms with Crippen LogP contribution in [0.5, 0.6) is 11.5 Å². The highest BCUT2D eigenvalue weighted by molar-refractivity contribution is 5.66. The molecule has 0 atom stereocenters. The lowest BCUT2D eigenvalue weighted by Crippen LogP contribution is -2.08. The van der Waals surface area contributed by atoms with Crippen molar-refractivity contribution in [2.45, 2.75) is 6.42 Å². The van der Waals surface area contributed by atoms with Crippen molar-refractivity contribution in [2.75, 3.05) is 20.8 Å². The summed E-state index contributed by atoms with van der Waals surface area (Å²) in [5.41, 5.74) is 6.36. The third kappa shape index (κ3) is 2.68. The number of rotatable bonds is 5. The summed E-state index contributed by atoms with van der Waals surface area (Å²) in [6, 6.07) is 5.54. The van der Waals surface area contributed by atoms with Crippen LogP contribution in [-0.4, -0.2) is 35.5 Å². The van der Waals surface area contributed by atoms with Gasteiger partial charge in [0.1, 0.15) is 17.3 Å². The quantitative estimate of drug-likeness (QED) is 0.870. The third-order valence-corrected chi connectivity index (χ3v) is 2.87. The fraction of sp³-hybridized carbons (Fsp3) is 0.385. The van der Waals surface area contributed by atoms with Gasteiger partial charge in [0.15, 0.2) is 5.82 Å². The molecule has 6 heteroatoms. The van der Waals surface area contributed by atoms with Gasteiger partial charge >= 0.3 is 0 Å². The lowest BCUT2D eigenvalue weighted by Gasteiger charge is -2.07. The lowest BCUT2D eigenvalue weighted by atomic mass is 10.2. The number of hydrogen-bond acceptors (Lipinski definition) is 5. The van der Waals surface area contributed by atoms with E-state index in [1.807, 2.05) is 25.2 Å². The van der Waals surface area contributed by atoms with Crippen LogP contribution in [0.4, 0.5) is 0 Å². The van der Waals surface area contributed by atoms with Crippen LogP contribution in [0, 0.1) is 0 Å². The van der Waals surface area contributed by atoms with E-state index < -0.39 is 0 Å². The summed E-state index contributed by atoms with van der Waals surface area (Å²) in [5, 5.41) is 4.40. The van der Waals surface area contributed by atoms with Crippen molar-refractivity contribution < 1.29 is 9.47 Å². The molecular formula is C13H18N4O2. The molecule has 1 aromatic carbocycles. The van der Waals surface area contributed by atoms with Crippen molar-refractivity contribution in [3.05, 3.63) is 24.0 Å². The standard InChI is InChI=1S/C13H18N4O2/c1-17-12(6-7-14)15-13(16-17)10-8-9(18-2)4-5-11(10)19-3/h4-5,8H,6-7,14H2,1-3H3. The molecule has 0 saturated heterocycles. The van der Waals surface area contributed by atoms with Crippen molar-refractivity contribution in [3.63, 3.8) is 0 Å². The number of nitrogens with two attached hydrogens (primary N) is 1. The third-order valence-electron chi connectivity index (χ3n) is 2.87. The average Bonchev–Trinajstić information content (AvgIpc) is 2.80. The first kappa shape index (κ1) is 13.4. The molecule has 0 amide bonds. The Balaban J connectivity index is 2.47. The molecule has 19 heavy (non-hydrogen) atoms. The zero-order valence-corrected chi connectivity index (χ0v) is 11.4. The molecule has 2 N–H and O–H groups in total. The first-order chi connectivity index (χ1) is 9.19. The van der Waals surface area contributed by atoms with E-state index in [-0.39, 0.29) is 0 Å². The van der Waals surface area contributed by atoms with Gasteiger partial charge in [-0.05, 0) is 24.7 Å². The number of aromatic nitrogens is 3. The number of hydrogen-bond donors (Lipinski definition) is 1. The minimum Gasteiger partial charge on any atom is -0.497 e. The van der Waals surface area contributed by atoms with Crippen LogP contribution in [0.2, 0.25) is 0 Å². The Morgan fingerprint density at radius 1 is 1.26 bits per heavy atom. The number of benzene rings is 1. The van der Waals surface area contributed by atoms with Gasteiger partial charge in [-0.3, -0.25) is 4.68 Å². The molecule has 0 spiro atoms. The molecule has 1 aromatic heterocycles. The molecule has 0 aliphatic heterocycles. The highest BCUT2D eigenvalue weighted by Gasteiger charge is 2.14. The molecule has 6 nitrogen and oxygen atoms in total. The molecule has 0 aliphatic rings. The summed E-state index contributed by atoms with van der Waals surface area (Å²) < 4.78 is 12.3. The van der Waals surface area contributed by atoms with E-state index in [4.69, 9.17) is 15.2 Å². The van der Waals surface area contributed by atoms with Gasteiger partial charge in [-0.25, -0.2) is 4.98 Å². The molecule has 102 valence electrons. The van der Waals surface area contributed by atoms with Crippen LogP contribution in [0.3, 0.4) is 0 Å². The Labute approximate surface area is 112 Å². The molecule has 1 heterocycles. The monoisotopic (exact) mass is 262 g/mol. The zero-order chi connectivity index (χ0) is 13.8. The van der Waals surface area contributed by atoms with E-state index >= 15 is 0 Å². The predicted octanol–water partition coefficient (Wildman–Crippen LogP) is 1.00. The normalized spacial score (nSPS) is 10.5. The topological polar surface area (TPSA) is 75.2 Å². The SMILES string of the molecule is COc1ccc(OC)c(-c2nc(CCN)n(C)n2)c1. The molecule has 0 fully saturated rings. The highest BCUT2D eigenvalue weighted by atomic mass is 16.5. The molecule has 0 radical (unpaired) electrons.